The molecule has 1 aliphatic heterocycles. The van der Waals surface area contributed by atoms with Gasteiger partial charge in [0, 0.05) is 47.6 Å². The van der Waals surface area contributed by atoms with E-state index in [1.165, 1.54) is 37.2 Å². The molecule has 2 unspecified atom stereocenters. The molecule has 0 radical (unpaired) electrons. The van der Waals surface area contributed by atoms with Crippen LogP contribution < -0.4 is 10.2 Å². The SMILES string of the molecule is CC(CCNCc1ccc(N2CCCC2)cc1)S(C)=O. The Hall–Kier alpha value is -0.870. The van der Waals surface area contributed by atoms with Gasteiger partial charge >= 0.3 is 0 Å². The smallest absolute Gasteiger partial charge is 0.0366 e. The summed E-state index contributed by atoms with van der Waals surface area (Å²) in [6, 6.07) is 8.88. The Kier molecular flexibility index (Phi) is 6.05. The van der Waals surface area contributed by atoms with Crippen LogP contribution in [0.25, 0.3) is 0 Å². The van der Waals surface area contributed by atoms with Crippen LogP contribution in [0.3, 0.4) is 0 Å². The molecule has 0 aliphatic carbocycles. The molecule has 112 valence electrons. The average molecular weight is 294 g/mol. The zero-order valence-corrected chi connectivity index (χ0v) is 13.4. The first-order valence-electron chi connectivity index (χ1n) is 7.53. The van der Waals surface area contributed by atoms with E-state index in [2.05, 4.69) is 34.5 Å². The molecule has 1 fully saturated rings. The minimum absolute atomic E-state index is 0.278. The van der Waals surface area contributed by atoms with Gasteiger partial charge in [0.15, 0.2) is 0 Å². The highest BCUT2D eigenvalue weighted by Crippen LogP contribution is 2.20. The molecule has 2 atom stereocenters. The Morgan fingerprint density at radius 3 is 2.50 bits per heavy atom. The summed E-state index contributed by atoms with van der Waals surface area (Å²) in [5, 5.41) is 3.71. The number of hydrogen-bond acceptors (Lipinski definition) is 3. The van der Waals surface area contributed by atoms with Gasteiger partial charge in [-0.15, -0.1) is 0 Å². The van der Waals surface area contributed by atoms with E-state index in [-0.39, 0.29) is 5.25 Å². The first kappa shape index (κ1) is 15.5. The van der Waals surface area contributed by atoms with Crippen molar-refractivity contribution >= 4 is 16.5 Å². The monoisotopic (exact) mass is 294 g/mol. The van der Waals surface area contributed by atoms with Crippen molar-refractivity contribution in [1.29, 1.82) is 0 Å². The zero-order chi connectivity index (χ0) is 14.4. The van der Waals surface area contributed by atoms with E-state index in [9.17, 15) is 4.21 Å². The Balaban J connectivity index is 1.72. The molecule has 0 amide bonds. The molecule has 1 aliphatic rings. The largest absolute Gasteiger partial charge is 0.372 e. The van der Waals surface area contributed by atoms with Crippen LogP contribution in [0.4, 0.5) is 5.69 Å². The lowest BCUT2D eigenvalue weighted by molar-refractivity contribution is 0.629. The van der Waals surface area contributed by atoms with E-state index in [1.54, 1.807) is 6.26 Å². The molecule has 4 heteroatoms. The molecule has 0 bridgehead atoms. The average Bonchev–Trinajstić information content (AvgIpc) is 2.98. The van der Waals surface area contributed by atoms with Gasteiger partial charge < -0.3 is 10.2 Å². The van der Waals surface area contributed by atoms with Crippen molar-refractivity contribution in [2.24, 2.45) is 0 Å². The summed E-state index contributed by atoms with van der Waals surface area (Å²) < 4.78 is 11.2. The molecule has 1 N–H and O–H groups in total. The second kappa shape index (κ2) is 7.79. The highest BCUT2D eigenvalue weighted by molar-refractivity contribution is 7.84. The van der Waals surface area contributed by atoms with Crippen molar-refractivity contribution in [2.75, 3.05) is 30.8 Å². The molecule has 1 heterocycles. The second-order valence-electron chi connectivity index (χ2n) is 5.64. The Morgan fingerprint density at radius 1 is 1.25 bits per heavy atom. The maximum Gasteiger partial charge on any atom is 0.0366 e. The van der Waals surface area contributed by atoms with Gasteiger partial charge in [0.2, 0.25) is 0 Å². The molecule has 0 spiro atoms. The molecule has 1 aromatic rings. The zero-order valence-electron chi connectivity index (χ0n) is 12.6. The summed E-state index contributed by atoms with van der Waals surface area (Å²) in [6.45, 7) is 6.26. The number of nitrogens with zero attached hydrogens (tertiary/aromatic N) is 1. The van der Waals surface area contributed by atoms with Crippen LogP contribution in [-0.4, -0.2) is 35.3 Å². The van der Waals surface area contributed by atoms with Crippen LogP contribution in [0.1, 0.15) is 31.7 Å². The lowest BCUT2D eigenvalue weighted by atomic mass is 10.2. The molecule has 2 rings (SSSR count). The topological polar surface area (TPSA) is 32.3 Å². The van der Waals surface area contributed by atoms with Crippen LogP contribution in [0.2, 0.25) is 0 Å². The summed E-state index contributed by atoms with van der Waals surface area (Å²) in [6.07, 6.45) is 5.39. The summed E-state index contributed by atoms with van der Waals surface area (Å²) in [5.74, 6) is 0. The van der Waals surface area contributed by atoms with Crippen molar-refractivity contribution in [3.63, 3.8) is 0 Å². The minimum atomic E-state index is -0.709. The fraction of sp³-hybridized carbons (Fsp3) is 0.625. The first-order chi connectivity index (χ1) is 9.66. The van der Waals surface area contributed by atoms with Crippen molar-refractivity contribution in [3.05, 3.63) is 29.8 Å². The second-order valence-corrected chi connectivity index (χ2v) is 7.44. The third kappa shape index (κ3) is 4.60. The van der Waals surface area contributed by atoms with Gasteiger partial charge in [-0.2, -0.15) is 0 Å². The number of anilines is 1. The number of benzene rings is 1. The van der Waals surface area contributed by atoms with Crippen molar-refractivity contribution in [2.45, 2.75) is 38.0 Å². The van der Waals surface area contributed by atoms with Crippen molar-refractivity contribution in [3.8, 4) is 0 Å². The standard InChI is InChI=1S/C16H26N2OS/c1-14(20(2)19)9-10-17-13-15-5-7-16(8-6-15)18-11-3-4-12-18/h5-8,14,17H,3-4,9-13H2,1-2H3. The van der Waals surface area contributed by atoms with Gasteiger partial charge in [0.1, 0.15) is 0 Å². The molecule has 3 nitrogen and oxygen atoms in total. The van der Waals surface area contributed by atoms with E-state index < -0.39 is 10.8 Å². The van der Waals surface area contributed by atoms with Crippen LogP contribution >= 0.6 is 0 Å². The Morgan fingerprint density at radius 2 is 1.90 bits per heavy atom. The lowest BCUT2D eigenvalue weighted by Crippen LogP contribution is -2.21. The van der Waals surface area contributed by atoms with E-state index in [4.69, 9.17) is 0 Å². The van der Waals surface area contributed by atoms with E-state index >= 15 is 0 Å². The van der Waals surface area contributed by atoms with E-state index in [0.717, 1.165) is 19.5 Å². The summed E-state index contributed by atoms with van der Waals surface area (Å²) >= 11 is 0. The van der Waals surface area contributed by atoms with E-state index in [0.29, 0.717) is 0 Å². The van der Waals surface area contributed by atoms with Gasteiger partial charge in [-0.25, -0.2) is 0 Å². The predicted octanol–water partition coefficient (Wildman–Crippen LogP) is 2.53. The third-order valence-electron chi connectivity index (χ3n) is 4.03. The van der Waals surface area contributed by atoms with Crippen LogP contribution in [-0.2, 0) is 17.3 Å². The van der Waals surface area contributed by atoms with Crippen LogP contribution in [0.15, 0.2) is 24.3 Å². The van der Waals surface area contributed by atoms with E-state index in [1.807, 2.05) is 6.92 Å². The van der Waals surface area contributed by atoms with Gasteiger partial charge in [-0.05, 0) is 43.5 Å². The highest BCUT2D eigenvalue weighted by atomic mass is 32.2. The van der Waals surface area contributed by atoms with Gasteiger partial charge in [-0.3, -0.25) is 4.21 Å². The predicted molar refractivity (Wildman–Crippen MR) is 87.7 cm³/mol. The summed E-state index contributed by atoms with van der Waals surface area (Å²) in [5.41, 5.74) is 2.67. The summed E-state index contributed by atoms with van der Waals surface area (Å²) in [7, 11) is -0.709. The lowest BCUT2D eigenvalue weighted by Gasteiger charge is -2.17. The first-order valence-corrected chi connectivity index (χ1v) is 9.16. The number of rotatable bonds is 7. The van der Waals surface area contributed by atoms with Gasteiger partial charge in [0.25, 0.3) is 0 Å². The van der Waals surface area contributed by atoms with Gasteiger partial charge in [-0.1, -0.05) is 19.1 Å². The highest BCUT2D eigenvalue weighted by Gasteiger charge is 2.11. The van der Waals surface area contributed by atoms with Gasteiger partial charge in [0.05, 0.1) is 0 Å². The molecule has 0 aromatic heterocycles. The maximum absolute atomic E-state index is 11.2. The van der Waals surface area contributed by atoms with Crippen molar-refractivity contribution < 1.29 is 4.21 Å². The fourth-order valence-corrected chi connectivity index (χ4v) is 2.95. The maximum atomic E-state index is 11.2. The summed E-state index contributed by atoms with van der Waals surface area (Å²) in [4.78, 5) is 2.45. The molecular weight excluding hydrogens is 268 g/mol. The Labute approximate surface area is 125 Å². The third-order valence-corrected chi connectivity index (χ3v) is 5.40. The number of hydrogen-bond donors (Lipinski definition) is 1. The van der Waals surface area contributed by atoms with Crippen LogP contribution in [0, 0.1) is 0 Å². The fourth-order valence-electron chi connectivity index (χ4n) is 2.50. The minimum Gasteiger partial charge on any atom is -0.372 e. The quantitative estimate of drug-likeness (QED) is 0.784. The number of nitrogens with one attached hydrogen (secondary N) is 1. The molecule has 0 saturated carbocycles. The molecule has 1 aromatic carbocycles. The molecular formula is C16H26N2OS. The van der Waals surface area contributed by atoms with Crippen LogP contribution in [0.5, 0.6) is 0 Å². The van der Waals surface area contributed by atoms with Crippen molar-refractivity contribution in [1.82, 2.24) is 5.32 Å². The normalized spacial score (nSPS) is 18.2. The molecule has 1 saturated heterocycles. The Bertz CT molecular complexity index is 427. The molecule has 20 heavy (non-hydrogen) atoms.